The van der Waals surface area contributed by atoms with Crippen molar-refractivity contribution in [1.29, 1.82) is 0 Å². The Morgan fingerprint density at radius 3 is 2.25 bits per heavy atom. The Kier molecular flexibility index (Phi) is 9.03. The van der Waals surface area contributed by atoms with Gasteiger partial charge in [0.1, 0.15) is 0 Å². The van der Waals surface area contributed by atoms with Gasteiger partial charge in [0.2, 0.25) is 0 Å². The Morgan fingerprint density at radius 1 is 1.62 bits per heavy atom. The number of hydrogen-bond acceptors (Lipinski definition) is 1. The molecule has 0 saturated carbocycles. The van der Waals surface area contributed by atoms with Crippen LogP contribution in [0.15, 0.2) is 4.99 Å². The molecule has 2 nitrogen and oxygen atoms in total. The van der Waals surface area contributed by atoms with Gasteiger partial charge in [-0.15, -0.1) is 12.4 Å². The summed E-state index contributed by atoms with van der Waals surface area (Å²) in [7, 11) is 1.71. The monoisotopic (exact) mass is 136 g/mol. The van der Waals surface area contributed by atoms with Gasteiger partial charge in [-0.3, -0.25) is 4.99 Å². The van der Waals surface area contributed by atoms with E-state index in [2.05, 4.69) is 11.9 Å². The molecule has 0 aromatic rings. The summed E-state index contributed by atoms with van der Waals surface area (Å²) >= 11 is 0. The summed E-state index contributed by atoms with van der Waals surface area (Å²) in [6.45, 7) is 2.08. The highest BCUT2D eigenvalue weighted by atomic mass is 35.5. The van der Waals surface area contributed by atoms with Crippen molar-refractivity contribution < 1.29 is 0 Å². The smallest absolute Gasteiger partial charge is 0.0933 e. The first-order valence-electron chi connectivity index (χ1n) is 2.52. The minimum Gasteiger partial charge on any atom is -0.387 e. The number of hydrogen-bond donors (Lipinski definition) is 1. The second-order valence-corrected chi connectivity index (χ2v) is 1.46. The maximum atomic E-state index is 5.33. The van der Waals surface area contributed by atoms with Gasteiger partial charge in [0.15, 0.2) is 0 Å². The van der Waals surface area contributed by atoms with Gasteiger partial charge in [0.05, 0.1) is 5.84 Å². The van der Waals surface area contributed by atoms with Gasteiger partial charge >= 0.3 is 0 Å². The predicted molar refractivity (Wildman–Crippen MR) is 39.7 cm³/mol. The molecular formula is C5H13ClN2. The van der Waals surface area contributed by atoms with E-state index in [4.69, 9.17) is 5.73 Å². The SMILES string of the molecule is CCCC(N)=NC.Cl. The molecule has 3 heteroatoms. The van der Waals surface area contributed by atoms with Gasteiger partial charge in [0, 0.05) is 13.5 Å². The molecule has 0 heterocycles. The molecule has 0 aromatic heterocycles. The maximum Gasteiger partial charge on any atom is 0.0933 e. The first-order valence-corrected chi connectivity index (χ1v) is 2.52. The molecule has 0 atom stereocenters. The summed E-state index contributed by atoms with van der Waals surface area (Å²) in [5, 5.41) is 0. The fourth-order valence-corrected chi connectivity index (χ4v) is 0.368. The number of amidine groups is 1. The summed E-state index contributed by atoms with van der Waals surface area (Å²) < 4.78 is 0. The molecule has 0 rings (SSSR count). The molecule has 0 unspecified atom stereocenters. The quantitative estimate of drug-likeness (QED) is 0.450. The van der Waals surface area contributed by atoms with Gasteiger partial charge in [-0.2, -0.15) is 0 Å². The van der Waals surface area contributed by atoms with Crippen molar-refractivity contribution in [1.82, 2.24) is 0 Å². The highest BCUT2D eigenvalue weighted by Gasteiger charge is 1.82. The van der Waals surface area contributed by atoms with Crippen molar-refractivity contribution in [3.8, 4) is 0 Å². The van der Waals surface area contributed by atoms with E-state index < -0.39 is 0 Å². The number of rotatable bonds is 2. The molecule has 0 aliphatic rings. The van der Waals surface area contributed by atoms with Crippen LogP contribution < -0.4 is 5.73 Å². The second-order valence-electron chi connectivity index (χ2n) is 1.46. The van der Waals surface area contributed by atoms with Crippen LogP contribution in [-0.2, 0) is 0 Å². The van der Waals surface area contributed by atoms with Crippen molar-refractivity contribution in [2.75, 3.05) is 7.05 Å². The van der Waals surface area contributed by atoms with Gasteiger partial charge in [0.25, 0.3) is 0 Å². The van der Waals surface area contributed by atoms with E-state index in [1.807, 2.05) is 0 Å². The zero-order valence-electron chi connectivity index (χ0n) is 5.35. The highest BCUT2D eigenvalue weighted by Crippen LogP contribution is 1.83. The lowest BCUT2D eigenvalue weighted by atomic mass is 10.3. The van der Waals surface area contributed by atoms with Gasteiger partial charge in [-0.1, -0.05) is 6.92 Å². The first kappa shape index (κ1) is 10.7. The lowest BCUT2D eigenvalue weighted by molar-refractivity contribution is 0.979. The molecular weight excluding hydrogens is 124 g/mol. The molecule has 0 radical (unpaired) electrons. The summed E-state index contributed by atoms with van der Waals surface area (Å²) in [5.41, 5.74) is 5.33. The average Bonchev–Trinajstić information content (AvgIpc) is 1.68. The van der Waals surface area contributed by atoms with Crippen LogP contribution in [0.1, 0.15) is 19.8 Å². The molecule has 0 aromatic carbocycles. The van der Waals surface area contributed by atoms with Crippen LogP contribution in [0.4, 0.5) is 0 Å². The van der Waals surface area contributed by atoms with Crippen LogP contribution in [0.2, 0.25) is 0 Å². The number of aliphatic imine (C=N–C) groups is 1. The van der Waals surface area contributed by atoms with E-state index in [1.165, 1.54) is 0 Å². The molecule has 0 bridgehead atoms. The number of nitrogens with two attached hydrogens (primary N) is 1. The fourth-order valence-electron chi connectivity index (χ4n) is 0.368. The predicted octanol–water partition coefficient (Wildman–Crippen LogP) is 1.20. The van der Waals surface area contributed by atoms with Crippen molar-refractivity contribution in [2.45, 2.75) is 19.8 Å². The third kappa shape index (κ3) is 5.76. The van der Waals surface area contributed by atoms with Gasteiger partial charge in [-0.05, 0) is 6.42 Å². The van der Waals surface area contributed by atoms with Crippen molar-refractivity contribution in [3.05, 3.63) is 0 Å². The highest BCUT2D eigenvalue weighted by molar-refractivity contribution is 5.85. The number of nitrogens with zero attached hydrogens (tertiary/aromatic N) is 1. The largest absolute Gasteiger partial charge is 0.387 e. The van der Waals surface area contributed by atoms with E-state index >= 15 is 0 Å². The zero-order valence-corrected chi connectivity index (χ0v) is 6.16. The molecule has 2 N–H and O–H groups in total. The molecule has 0 amide bonds. The molecule has 0 aliphatic heterocycles. The lowest BCUT2D eigenvalue weighted by Crippen LogP contribution is -2.09. The fraction of sp³-hybridized carbons (Fsp3) is 0.800. The molecule has 0 fully saturated rings. The van der Waals surface area contributed by atoms with E-state index in [0.29, 0.717) is 0 Å². The van der Waals surface area contributed by atoms with Crippen molar-refractivity contribution >= 4 is 18.2 Å². The Bertz CT molecular complexity index is 70.8. The van der Waals surface area contributed by atoms with E-state index in [0.717, 1.165) is 18.7 Å². The Morgan fingerprint density at radius 2 is 2.12 bits per heavy atom. The minimum atomic E-state index is 0. The summed E-state index contributed by atoms with van der Waals surface area (Å²) in [6, 6.07) is 0. The lowest BCUT2D eigenvalue weighted by Gasteiger charge is -1.90. The Hall–Kier alpha value is -0.240. The van der Waals surface area contributed by atoms with Crippen molar-refractivity contribution in [3.63, 3.8) is 0 Å². The van der Waals surface area contributed by atoms with Crippen molar-refractivity contribution in [2.24, 2.45) is 10.7 Å². The molecule has 0 saturated heterocycles. The van der Waals surface area contributed by atoms with E-state index in [1.54, 1.807) is 7.05 Å². The van der Waals surface area contributed by atoms with E-state index in [-0.39, 0.29) is 12.4 Å². The normalized spacial score (nSPS) is 10.5. The van der Waals surface area contributed by atoms with Crippen LogP contribution in [0.3, 0.4) is 0 Å². The summed E-state index contributed by atoms with van der Waals surface area (Å²) in [4.78, 5) is 3.77. The minimum absolute atomic E-state index is 0. The third-order valence-corrected chi connectivity index (χ3v) is 0.793. The second kappa shape index (κ2) is 6.76. The Balaban J connectivity index is 0. The van der Waals surface area contributed by atoms with Gasteiger partial charge < -0.3 is 5.73 Å². The van der Waals surface area contributed by atoms with Gasteiger partial charge in [-0.25, -0.2) is 0 Å². The Labute approximate surface area is 56.6 Å². The maximum absolute atomic E-state index is 5.33. The standard InChI is InChI=1S/C5H12N2.ClH/c1-3-4-5(6)7-2;/h3-4H2,1-2H3,(H2,6,7);1H. The van der Waals surface area contributed by atoms with Crippen LogP contribution in [-0.4, -0.2) is 12.9 Å². The molecule has 50 valence electrons. The van der Waals surface area contributed by atoms with Crippen LogP contribution >= 0.6 is 12.4 Å². The van der Waals surface area contributed by atoms with Crippen LogP contribution in [0, 0.1) is 0 Å². The molecule has 0 aliphatic carbocycles. The summed E-state index contributed by atoms with van der Waals surface area (Å²) in [5.74, 6) is 0.752. The van der Waals surface area contributed by atoms with E-state index in [9.17, 15) is 0 Å². The third-order valence-electron chi connectivity index (χ3n) is 0.793. The topological polar surface area (TPSA) is 38.4 Å². The van der Waals surface area contributed by atoms with Crippen LogP contribution in [0.25, 0.3) is 0 Å². The summed E-state index contributed by atoms with van der Waals surface area (Å²) in [6.07, 6.45) is 2.01. The molecule has 0 spiro atoms. The number of halogens is 1. The average molecular weight is 137 g/mol. The van der Waals surface area contributed by atoms with Crippen LogP contribution in [0.5, 0.6) is 0 Å². The first-order chi connectivity index (χ1) is 3.31. The zero-order chi connectivity index (χ0) is 5.70. The molecule has 8 heavy (non-hydrogen) atoms.